The molecule has 0 aliphatic rings. The molecule has 0 atom stereocenters. The Kier molecular flexibility index (Phi) is 7.38. The van der Waals surface area contributed by atoms with E-state index in [0.717, 1.165) is 0 Å². The van der Waals surface area contributed by atoms with Crippen LogP contribution in [0.15, 0.2) is 42.5 Å². The zero-order valence-electron chi connectivity index (χ0n) is 18.0. The van der Waals surface area contributed by atoms with Gasteiger partial charge in [-0.05, 0) is 43.7 Å². The minimum atomic E-state index is -0.594. The number of carbonyl (C=O) groups excluding carboxylic acids is 2. The van der Waals surface area contributed by atoms with E-state index in [0.29, 0.717) is 43.9 Å². The van der Waals surface area contributed by atoms with E-state index in [1.165, 1.54) is 14.2 Å². The van der Waals surface area contributed by atoms with Crippen LogP contribution in [0.25, 0.3) is 11.1 Å². The van der Waals surface area contributed by atoms with Crippen molar-refractivity contribution in [2.24, 2.45) is 0 Å². The first-order valence-corrected chi connectivity index (χ1v) is 10.4. The van der Waals surface area contributed by atoms with Gasteiger partial charge in [0.15, 0.2) is 0 Å². The molecule has 0 amide bonds. The second kappa shape index (κ2) is 10.0. The second-order valence-electron chi connectivity index (χ2n) is 6.90. The number of rotatable bonds is 6. The van der Waals surface area contributed by atoms with Gasteiger partial charge in [-0.2, -0.15) is 0 Å². The van der Waals surface area contributed by atoms with Gasteiger partial charge >= 0.3 is 11.9 Å². The summed E-state index contributed by atoms with van der Waals surface area (Å²) in [6.45, 7) is 3.56. The van der Waals surface area contributed by atoms with Crippen molar-refractivity contribution in [1.29, 1.82) is 0 Å². The number of hydrogen-bond acceptors (Lipinski definition) is 6. The third kappa shape index (κ3) is 4.71. The molecule has 0 bridgehead atoms. The largest absolute Gasteiger partial charge is 0.489 e. The molecule has 0 N–H and O–H groups in total. The van der Waals surface area contributed by atoms with Gasteiger partial charge in [0, 0.05) is 21.2 Å². The lowest BCUT2D eigenvalue weighted by Crippen LogP contribution is -2.16. The number of hydrogen-bond donors (Lipinski definition) is 0. The number of pyridine rings is 1. The highest BCUT2D eigenvalue weighted by Crippen LogP contribution is 2.34. The van der Waals surface area contributed by atoms with Crippen molar-refractivity contribution in [3.8, 4) is 16.9 Å². The molecular formula is C24H21Cl2NO5. The summed E-state index contributed by atoms with van der Waals surface area (Å²) in [6.07, 6.45) is 0. The lowest BCUT2D eigenvalue weighted by molar-refractivity contribution is 0.0599. The summed E-state index contributed by atoms with van der Waals surface area (Å²) in [5, 5.41) is 1.03. The van der Waals surface area contributed by atoms with Gasteiger partial charge in [-0.3, -0.25) is 4.98 Å². The number of nitrogens with zero attached hydrogens (tertiary/aromatic N) is 1. The number of halogens is 2. The lowest BCUT2D eigenvalue weighted by Gasteiger charge is -2.17. The molecule has 6 nitrogen and oxygen atoms in total. The van der Waals surface area contributed by atoms with Crippen LogP contribution in [0.2, 0.25) is 10.0 Å². The summed E-state index contributed by atoms with van der Waals surface area (Å²) in [6, 6.07) is 12.2. The van der Waals surface area contributed by atoms with E-state index < -0.39 is 11.9 Å². The smallest absolute Gasteiger partial charge is 0.340 e. The van der Waals surface area contributed by atoms with Gasteiger partial charge in [-0.15, -0.1) is 0 Å². The SMILES string of the molecule is COC(=O)c1c(C)nc(C)c(C(=O)OC)c1-c1ccc(OCc2c(Cl)cccc2Cl)cc1. The Morgan fingerprint density at radius 2 is 1.34 bits per heavy atom. The molecule has 1 aromatic heterocycles. The lowest BCUT2D eigenvalue weighted by atomic mass is 9.92. The fourth-order valence-electron chi connectivity index (χ4n) is 3.39. The molecule has 166 valence electrons. The van der Waals surface area contributed by atoms with Crippen molar-refractivity contribution in [1.82, 2.24) is 4.98 Å². The molecule has 2 aromatic carbocycles. The molecule has 0 aliphatic carbocycles. The molecule has 0 saturated carbocycles. The van der Waals surface area contributed by atoms with Crippen LogP contribution in [-0.4, -0.2) is 31.1 Å². The fourth-order valence-corrected chi connectivity index (χ4v) is 3.89. The van der Waals surface area contributed by atoms with Crippen LogP contribution in [0, 0.1) is 13.8 Å². The molecule has 8 heteroatoms. The summed E-state index contributed by atoms with van der Waals surface area (Å²) < 4.78 is 15.7. The number of aryl methyl sites for hydroxylation is 2. The molecule has 0 aliphatic heterocycles. The molecule has 0 spiro atoms. The molecule has 3 aromatic rings. The number of ether oxygens (including phenoxy) is 3. The van der Waals surface area contributed by atoms with Gasteiger partial charge in [-0.1, -0.05) is 41.4 Å². The van der Waals surface area contributed by atoms with Crippen LogP contribution in [0.1, 0.15) is 37.7 Å². The Morgan fingerprint density at radius 3 is 1.81 bits per heavy atom. The zero-order chi connectivity index (χ0) is 23.4. The van der Waals surface area contributed by atoms with E-state index in [4.69, 9.17) is 37.4 Å². The quantitative estimate of drug-likeness (QED) is 0.419. The fraction of sp³-hybridized carbons (Fsp3) is 0.208. The van der Waals surface area contributed by atoms with Crippen LogP contribution < -0.4 is 4.74 Å². The van der Waals surface area contributed by atoms with Crippen LogP contribution in [0.4, 0.5) is 0 Å². The monoisotopic (exact) mass is 473 g/mol. The summed E-state index contributed by atoms with van der Waals surface area (Å²) in [5.74, 6) is -0.626. The average Bonchev–Trinajstić information content (AvgIpc) is 2.77. The summed E-state index contributed by atoms with van der Waals surface area (Å²) in [7, 11) is 2.56. The van der Waals surface area contributed by atoms with Crippen molar-refractivity contribution in [3.05, 3.63) is 80.6 Å². The molecule has 3 rings (SSSR count). The van der Waals surface area contributed by atoms with E-state index in [1.54, 1.807) is 56.3 Å². The maximum Gasteiger partial charge on any atom is 0.340 e. The van der Waals surface area contributed by atoms with Gasteiger partial charge in [0.25, 0.3) is 0 Å². The maximum absolute atomic E-state index is 12.5. The van der Waals surface area contributed by atoms with E-state index in [1.807, 2.05) is 0 Å². The van der Waals surface area contributed by atoms with Crippen molar-refractivity contribution in [2.45, 2.75) is 20.5 Å². The van der Waals surface area contributed by atoms with E-state index in [-0.39, 0.29) is 17.7 Å². The first-order chi connectivity index (χ1) is 15.3. The highest BCUT2D eigenvalue weighted by Gasteiger charge is 2.27. The second-order valence-corrected chi connectivity index (χ2v) is 7.72. The zero-order valence-corrected chi connectivity index (χ0v) is 19.5. The topological polar surface area (TPSA) is 74.7 Å². The molecule has 0 radical (unpaired) electrons. The van der Waals surface area contributed by atoms with Crippen molar-refractivity contribution >= 4 is 35.1 Å². The van der Waals surface area contributed by atoms with Crippen molar-refractivity contribution in [3.63, 3.8) is 0 Å². The minimum absolute atomic E-state index is 0.187. The third-order valence-electron chi connectivity index (χ3n) is 4.93. The molecule has 0 fully saturated rings. The van der Waals surface area contributed by atoms with E-state index >= 15 is 0 Å². The Labute approximate surface area is 196 Å². The minimum Gasteiger partial charge on any atom is -0.489 e. The molecular weight excluding hydrogens is 453 g/mol. The summed E-state index contributed by atoms with van der Waals surface area (Å²) in [4.78, 5) is 29.4. The Morgan fingerprint density at radius 1 is 0.844 bits per heavy atom. The number of esters is 2. The number of methoxy groups -OCH3 is 2. The van der Waals surface area contributed by atoms with Crippen LogP contribution in [0.5, 0.6) is 5.75 Å². The number of benzene rings is 2. The highest BCUT2D eigenvalue weighted by molar-refractivity contribution is 6.35. The van der Waals surface area contributed by atoms with Gasteiger partial charge in [0.2, 0.25) is 0 Å². The van der Waals surface area contributed by atoms with Gasteiger partial charge < -0.3 is 14.2 Å². The molecule has 1 heterocycles. The Hall–Kier alpha value is -3.09. The van der Waals surface area contributed by atoms with E-state index in [9.17, 15) is 9.59 Å². The number of carbonyl (C=O) groups is 2. The average molecular weight is 474 g/mol. The van der Waals surface area contributed by atoms with Crippen LogP contribution in [0.3, 0.4) is 0 Å². The Balaban J connectivity index is 2.02. The van der Waals surface area contributed by atoms with Gasteiger partial charge in [-0.25, -0.2) is 9.59 Å². The van der Waals surface area contributed by atoms with Crippen LogP contribution in [-0.2, 0) is 16.1 Å². The third-order valence-corrected chi connectivity index (χ3v) is 5.63. The summed E-state index contributed by atoms with van der Waals surface area (Å²) in [5.41, 5.74) is 3.00. The van der Waals surface area contributed by atoms with Crippen molar-refractivity contribution < 1.29 is 23.8 Å². The highest BCUT2D eigenvalue weighted by atomic mass is 35.5. The molecule has 0 unspecified atom stereocenters. The number of aromatic nitrogens is 1. The predicted molar refractivity (Wildman–Crippen MR) is 123 cm³/mol. The predicted octanol–water partition coefficient (Wildman–Crippen LogP) is 5.82. The first kappa shape index (κ1) is 23.6. The Bertz CT molecular complexity index is 1120. The van der Waals surface area contributed by atoms with Gasteiger partial charge in [0.1, 0.15) is 12.4 Å². The summed E-state index contributed by atoms with van der Waals surface area (Å²) >= 11 is 12.4. The standard InChI is InChI=1S/C24H21Cl2NO5/c1-13-20(23(28)30-3)22(21(14(2)27-13)24(29)31-4)15-8-10-16(11-9-15)32-12-17-18(25)6-5-7-19(17)26/h5-11H,12H2,1-4H3. The normalized spacial score (nSPS) is 10.6. The first-order valence-electron chi connectivity index (χ1n) is 9.62. The van der Waals surface area contributed by atoms with E-state index in [2.05, 4.69) is 4.98 Å². The molecule has 32 heavy (non-hydrogen) atoms. The van der Waals surface area contributed by atoms with Gasteiger partial charge in [0.05, 0.1) is 36.7 Å². The maximum atomic E-state index is 12.5. The van der Waals surface area contributed by atoms with Crippen LogP contribution >= 0.6 is 23.2 Å². The van der Waals surface area contributed by atoms with Crippen molar-refractivity contribution in [2.75, 3.05) is 14.2 Å². The molecule has 0 saturated heterocycles.